The monoisotopic (exact) mass is 654 g/mol. The van der Waals surface area contributed by atoms with E-state index in [4.69, 9.17) is 4.74 Å². The van der Waals surface area contributed by atoms with Crippen LogP contribution >= 0.6 is 45.2 Å². The Kier molecular flexibility index (Phi) is 7.40. The Hall–Kier alpha value is -1.66. The molecule has 0 aromatic carbocycles. The highest BCUT2D eigenvalue weighted by atomic mass is 127. The summed E-state index contributed by atoms with van der Waals surface area (Å²) in [6.45, 7) is 7.90. The quantitative estimate of drug-likeness (QED) is 0.170. The number of halogens is 2. The van der Waals surface area contributed by atoms with Gasteiger partial charge in [-0.05, 0) is 51.2 Å². The number of fused-ring (bicyclic) bond motifs is 2. The van der Waals surface area contributed by atoms with Crippen molar-refractivity contribution in [3.05, 3.63) is 40.8 Å². The fourth-order valence-corrected chi connectivity index (χ4v) is 4.35. The average Bonchev–Trinajstić information content (AvgIpc) is 3.21. The van der Waals surface area contributed by atoms with Crippen molar-refractivity contribution >= 4 is 75.3 Å². The SMILES string of the molecule is C[Si](C)(C)CCOCn1nc(I)c2nc[nH]c(=O)c21.O=c1[nH]cnc2c(I)[nH]nc12. The van der Waals surface area contributed by atoms with Gasteiger partial charge in [0, 0.05) is 14.7 Å². The van der Waals surface area contributed by atoms with Crippen LogP contribution in [-0.2, 0) is 11.5 Å². The maximum absolute atomic E-state index is 11.8. The number of nitrogens with one attached hydrogen (secondary N) is 3. The number of aromatic amines is 3. The molecule has 160 valence electrons. The molecule has 4 heterocycles. The maximum Gasteiger partial charge on any atom is 0.279 e. The summed E-state index contributed by atoms with van der Waals surface area (Å²) in [7, 11) is -1.09. The Bertz CT molecular complexity index is 1270. The second-order valence-electron chi connectivity index (χ2n) is 7.53. The van der Waals surface area contributed by atoms with Crippen LogP contribution < -0.4 is 11.1 Å². The van der Waals surface area contributed by atoms with Crippen molar-refractivity contribution in [3.8, 4) is 0 Å². The van der Waals surface area contributed by atoms with Gasteiger partial charge < -0.3 is 14.7 Å². The Labute approximate surface area is 198 Å². The Morgan fingerprint density at radius 3 is 2.37 bits per heavy atom. The van der Waals surface area contributed by atoms with E-state index in [0.717, 1.165) is 9.74 Å². The summed E-state index contributed by atoms with van der Waals surface area (Å²) in [6, 6.07) is 1.10. The van der Waals surface area contributed by atoms with Crippen LogP contribution in [0.5, 0.6) is 0 Å². The lowest BCUT2D eigenvalue weighted by Crippen LogP contribution is -2.22. The number of H-pyrrole nitrogens is 3. The summed E-state index contributed by atoms with van der Waals surface area (Å²) < 4.78 is 8.70. The van der Waals surface area contributed by atoms with Crippen LogP contribution in [0.4, 0.5) is 0 Å². The van der Waals surface area contributed by atoms with Crippen molar-refractivity contribution in [3.63, 3.8) is 0 Å². The minimum absolute atomic E-state index is 0.186. The summed E-state index contributed by atoms with van der Waals surface area (Å²) >= 11 is 4.11. The number of hydrogen-bond donors (Lipinski definition) is 3. The minimum Gasteiger partial charge on any atom is -0.360 e. The van der Waals surface area contributed by atoms with Crippen LogP contribution in [0.2, 0.25) is 25.7 Å². The molecule has 30 heavy (non-hydrogen) atoms. The molecular formula is C16H20I2N8O3Si. The fourth-order valence-electron chi connectivity index (χ4n) is 2.42. The second-order valence-corrected chi connectivity index (χ2v) is 15.3. The molecular weight excluding hydrogens is 634 g/mol. The third-order valence-corrected chi connectivity index (χ3v) is 7.19. The Morgan fingerprint density at radius 2 is 1.70 bits per heavy atom. The van der Waals surface area contributed by atoms with Crippen molar-refractivity contribution in [2.24, 2.45) is 0 Å². The third kappa shape index (κ3) is 5.52. The van der Waals surface area contributed by atoms with Crippen LogP contribution in [0.15, 0.2) is 22.2 Å². The van der Waals surface area contributed by atoms with E-state index in [1.807, 2.05) is 22.6 Å². The number of rotatable bonds is 5. The topological polar surface area (TPSA) is 147 Å². The highest BCUT2D eigenvalue weighted by Crippen LogP contribution is 2.14. The molecule has 0 unspecified atom stereocenters. The van der Waals surface area contributed by atoms with Crippen molar-refractivity contribution in [1.82, 2.24) is 39.9 Å². The molecule has 0 spiro atoms. The third-order valence-electron chi connectivity index (χ3n) is 4.00. The van der Waals surface area contributed by atoms with E-state index in [1.165, 1.54) is 12.7 Å². The molecule has 0 aliphatic heterocycles. The van der Waals surface area contributed by atoms with Gasteiger partial charge in [0.25, 0.3) is 11.1 Å². The molecule has 0 saturated heterocycles. The number of ether oxygens (including phenoxy) is 1. The van der Waals surface area contributed by atoms with Crippen molar-refractivity contribution in [2.75, 3.05) is 6.61 Å². The zero-order valence-electron chi connectivity index (χ0n) is 16.5. The molecule has 0 saturated carbocycles. The molecule has 4 aromatic heterocycles. The lowest BCUT2D eigenvalue weighted by atomic mass is 10.5. The first-order valence-corrected chi connectivity index (χ1v) is 14.8. The molecule has 0 amide bonds. The summed E-state index contributed by atoms with van der Waals surface area (Å²) in [4.78, 5) is 35.9. The van der Waals surface area contributed by atoms with E-state index in [1.54, 1.807) is 4.68 Å². The fraction of sp³-hybridized carbons (Fsp3) is 0.375. The normalized spacial score (nSPS) is 11.6. The smallest absolute Gasteiger partial charge is 0.279 e. The lowest BCUT2D eigenvalue weighted by molar-refractivity contribution is 0.0813. The zero-order chi connectivity index (χ0) is 21.9. The molecule has 0 aliphatic carbocycles. The zero-order valence-corrected chi connectivity index (χ0v) is 21.8. The van der Waals surface area contributed by atoms with Crippen LogP contribution in [0, 0.1) is 7.40 Å². The first kappa shape index (κ1) is 23.0. The first-order chi connectivity index (χ1) is 14.2. The maximum atomic E-state index is 11.8. The van der Waals surface area contributed by atoms with Crippen LogP contribution in [0.25, 0.3) is 22.1 Å². The minimum atomic E-state index is -1.09. The predicted octanol–water partition coefficient (Wildman–Crippen LogP) is 2.29. The summed E-state index contributed by atoms with van der Waals surface area (Å²) in [5, 5.41) is 10.7. The largest absolute Gasteiger partial charge is 0.360 e. The summed E-state index contributed by atoms with van der Waals surface area (Å²) in [5.74, 6) is 0. The van der Waals surface area contributed by atoms with Gasteiger partial charge in [-0.15, -0.1) is 0 Å². The van der Waals surface area contributed by atoms with Gasteiger partial charge in [-0.2, -0.15) is 10.2 Å². The van der Waals surface area contributed by atoms with E-state index in [-0.39, 0.29) is 11.1 Å². The van der Waals surface area contributed by atoms with Crippen LogP contribution in [0.3, 0.4) is 0 Å². The predicted molar refractivity (Wildman–Crippen MR) is 132 cm³/mol. The Balaban J connectivity index is 0.000000196. The molecule has 4 rings (SSSR count). The molecule has 0 aliphatic rings. The van der Waals surface area contributed by atoms with Gasteiger partial charge in [0.15, 0.2) is 11.0 Å². The van der Waals surface area contributed by atoms with Crippen molar-refractivity contribution in [1.29, 1.82) is 0 Å². The van der Waals surface area contributed by atoms with E-state index in [9.17, 15) is 9.59 Å². The number of aromatic nitrogens is 8. The summed E-state index contributed by atoms with van der Waals surface area (Å²) in [6.07, 6.45) is 2.76. The standard InChI is InChI=1S/C11H17IN4O2Si.C5H3IN4O/c1-19(2,3)5-4-18-7-16-9-8(10(12)15-16)13-6-14-11(9)17;6-4-2-3(9-10-4)5(11)8-1-7-2/h6H,4-5,7H2,1-3H3,(H,13,14,17);1H,(H,9,10)(H,7,8,11). The van der Waals surface area contributed by atoms with Crippen molar-refractivity contribution in [2.45, 2.75) is 32.4 Å². The van der Waals surface area contributed by atoms with Crippen LogP contribution in [-0.4, -0.2) is 54.6 Å². The molecule has 0 fully saturated rings. The van der Waals surface area contributed by atoms with E-state index < -0.39 is 8.07 Å². The summed E-state index contributed by atoms with van der Waals surface area (Å²) in [5.41, 5.74) is 1.67. The molecule has 0 bridgehead atoms. The average molecular weight is 654 g/mol. The molecule has 3 N–H and O–H groups in total. The van der Waals surface area contributed by atoms with Gasteiger partial charge in [-0.1, -0.05) is 19.6 Å². The van der Waals surface area contributed by atoms with Gasteiger partial charge in [0.2, 0.25) is 0 Å². The second kappa shape index (κ2) is 9.65. The number of nitrogens with zero attached hydrogens (tertiary/aromatic N) is 5. The van der Waals surface area contributed by atoms with Crippen LogP contribution in [0.1, 0.15) is 0 Å². The lowest BCUT2D eigenvalue weighted by Gasteiger charge is -2.15. The molecule has 14 heteroatoms. The Morgan fingerprint density at radius 1 is 1.03 bits per heavy atom. The van der Waals surface area contributed by atoms with E-state index in [2.05, 4.69) is 77.5 Å². The van der Waals surface area contributed by atoms with Gasteiger partial charge in [0.05, 0.1) is 12.7 Å². The highest BCUT2D eigenvalue weighted by Gasteiger charge is 2.15. The van der Waals surface area contributed by atoms with E-state index in [0.29, 0.717) is 39.1 Å². The van der Waals surface area contributed by atoms with Gasteiger partial charge in [-0.25, -0.2) is 14.6 Å². The molecule has 0 atom stereocenters. The molecule has 4 aromatic rings. The van der Waals surface area contributed by atoms with Gasteiger partial charge in [-0.3, -0.25) is 14.7 Å². The van der Waals surface area contributed by atoms with Crippen molar-refractivity contribution < 1.29 is 4.74 Å². The van der Waals surface area contributed by atoms with Gasteiger partial charge >= 0.3 is 0 Å². The number of hydrogen-bond acceptors (Lipinski definition) is 7. The highest BCUT2D eigenvalue weighted by molar-refractivity contribution is 14.1. The molecule has 0 radical (unpaired) electrons. The van der Waals surface area contributed by atoms with E-state index >= 15 is 0 Å². The van der Waals surface area contributed by atoms with Gasteiger partial charge in [0.1, 0.15) is 25.2 Å². The first-order valence-electron chi connectivity index (χ1n) is 8.92. The molecule has 11 nitrogen and oxygen atoms in total.